The number of allylic oxidation sites excluding steroid dienone is 2. The van der Waals surface area contributed by atoms with E-state index in [-0.39, 0.29) is 5.82 Å². The van der Waals surface area contributed by atoms with Gasteiger partial charge in [0.1, 0.15) is 5.82 Å². The normalized spacial score (nSPS) is 12.2. The van der Waals surface area contributed by atoms with E-state index in [1.54, 1.807) is 6.07 Å². The number of hydrogen-bond acceptors (Lipinski definition) is 1. The van der Waals surface area contributed by atoms with E-state index in [2.05, 4.69) is 56.8 Å². The van der Waals surface area contributed by atoms with E-state index in [1.807, 2.05) is 42.5 Å². The van der Waals surface area contributed by atoms with Crippen molar-refractivity contribution < 1.29 is 9.13 Å². The molecule has 0 fully saturated rings. The van der Waals surface area contributed by atoms with E-state index in [4.69, 9.17) is 4.74 Å². The van der Waals surface area contributed by atoms with Crippen LogP contribution < -0.4 is 0 Å². The topological polar surface area (TPSA) is 9.23 Å². The first-order valence-corrected chi connectivity index (χ1v) is 13.0. The molecule has 1 atom stereocenters. The average Bonchev–Trinajstić information content (AvgIpc) is 2.87. The highest BCUT2D eigenvalue weighted by atomic mass is 19.1. The molecular formula is C33H39FO. The van der Waals surface area contributed by atoms with E-state index in [9.17, 15) is 4.39 Å². The zero-order valence-corrected chi connectivity index (χ0v) is 21.3. The second-order valence-electron chi connectivity index (χ2n) is 9.23. The molecule has 3 aromatic rings. The fourth-order valence-electron chi connectivity index (χ4n) is 4.17. The van der Waals surface area contributed by atoms with E-state index >= 15 is 0 Å². The molecule has 184 valence electrons. The van der Waals surface area contributed by atoms with Gasteiger partial charge in [0.2, 0.25) is 0 Å². The largest absolute Gasteiger partial charge is 0.379 e. The smallest absolute Gasteiger partial charge is 0.131 e. The van der Waals surface area contributed by atoms with Crippen LogP contribution in [-0.2, 0) is 11.2 Å². The van der Waals surface area contributed by atoms with Crippen LogP contribution in [0.2, 0.25) is 0 Å². The molecule has 3 aromatic carbocycles. The summed E-state index contributed by atoms with van der Waals surface area (Å²) in [5.74, 6) is -0.202. The van der Waals surface area contributed by atoms with Crippen LogP contribution in [0.5, 0.6) is 0 Å². The highest BCUT2D eigenvalue weighted by Crippen LogP contribution is 2.28. The third kappa shape index (κ3) is 8.64. The summed E-state index contributed by atoms with van der Waals surface area (Å²) >= 11 is 0. The minimum atomic E-state index is -0.202. The molecule has 0 aliphatic heterocycles. The van der Waals surface area contributed by atoms with Gasteiger partial charge in [-0.25, -0.2) is 4.39 Å². The predicted octanol–water partition coefficient (Wildman–Crippen LogP) is 9.67. The molecule has 1 nitrogen and oxygen atoms in total. The van der Waals surface area contributed by atoms with Crippen molar-refractivity contribution in [3.05, 3.63) is 102 Å². The molecule has 0 spiro atoms. The van der Waals surface area contributed by atoms with Crippen LogP contribution in [0.1, 0.15) is 63.5 Å². The second kappa shape index (κ2) is 14.4. The molecule has 0 aliphatic rings. The van der Waals surface area contributed by atoms with E-state index in [0.29, 0.717) is 11.7 Å². The molecule has 0 amide bonds. The maximum absolute atomic E-state index is 15.0. The van der Waals surface area contributed by atoms with Crippen molar-refractivity contribution in [3.8, 4) is 22.3 Å². The van der Waals surface area contributed by atoms with Crippen LogP contribution in [0.3, 0.4) is 0 Å². The monoisotopic (exact) mass is 470 g/mol. The highest BCUT2D eigenvalue weighted by Gasteiger charge is 2.08. The van der Waals surface area contributed by atoms with Gasteiger partial charge in [0.25, 0.3) is 0 Å². The van der Waals surface area contributed by atoms with Crippen LogP contribution in [0.4, 0.5) is 4.39 Å². The van der Waals surface area contributed by atoms with Crippen molar-refractivity contribution in [3.63, 3.8) is 0 Å². The zero-order chi connectivity index (χ0) is 24.9. The van der Waals surface area contributed by atoms with Gasteiger partial charge in [0.15, 0.2) is 0 Å². The van der Waals surface area contributed by atoms with Crippen LogP contribution in [-0.4, -0.2) is 12.7 Å². The van der Waals surface area contributed by atoms with E-state index in [1.165, 1.54) is 18.4 Å². The van der Waals surface area contributed by atoms with Crippen LogP contribution in [0.15, 0.2) is 85.5 Å². The molecular weight excluding hydrogens is 431 g/mol. The van der Waals surface area contributed by atoms with Crippen molar-refractivity contribution >= 4 is 6.08 Å². The summed E-state index contributed by atoms with van der Waals surface area (Å²) in [6.07, 6.45) is 14.3. The molecule has 35 heavy (non-hydrogen) atoms. The average molecular weight is 471 g/mol. The minimum absolute atomic E-state index is 0.202. The molecule has 0 heterocycles. The molecule has 0 saturated heterocycles. The van der Waals surface area contributed by atoms with Crippen LogP contribution in [0.25, 0.3) is 28.3 Å². The van der Waals surface area contributed by atoms with E-state index < -0.39 is 0 Å². The lowest BCUT2D eigenvalue weighted by Crippen LogP contribution is -2.08. The minimum Gasteiger partial charge on any atom is -0.379 e. The number of rotatable bonds is 14. The molecule has 0 aromatic heterocycles. The third-order valence-electron chi connectivity index (χ3n) is 6.30. The first-order chi connectivity index (χ1) is 17.1. The van der Waals surface area contributed by atoms with Crippen molar-refractivity contribution in [1.82, 2.24) is 0 Å². The van der Waals surface area contributed by atoms with Gasteiger partial charge in [-0.05, 0) is 72.9 Å². The second-order valence-corrected chi connectivity index (χ2v) is 9.23. The Morgan fingerprint density at radius 2 is 1.60 bits per heavy atom. The number of benzene rings is 3. The SMILES string of the molecule is C=CCc1ccc(-c2ccc(-c3ccc(C=CCCCC(C)OCCCCC)cc3)c(F)c2)cc1. The summed E-state index contributed by atoms with van der Waals surface area (Å²) in [5.41, 5.74) is 5.76. The Balaban J connectivity index is 1.51. The Hall–Kier alpha value is -2.97. The Labute approximate surface area is 211 Å². The Kier molecular flexibility index (Phi) is 11.0. The van der Waals surface area contributed by atoms with Gasteiger partial charge in [-0.15, -0.1) is 6.58 Å². The van der Waals surface area contributed by atoms with Crippen molar-refractivity contribution in [2.24, 2.45) is 0 Å². The lowest BCUT2D eigenvalue weighted by atomic mass is 9.98. The predicted molar refractivity (Wildman–Crippen MR) is 149 cm³/mol. The van der Waals surface area contributed by atoms with Gasteiger partial charge in [-0.1, -0.05) is 98.7 Å². The van der Waals surface area contributed by atoms with Crippen LogP contribution >= 0.6 is 0 Å². The summed E-state index contributed by atoms with van der Waals surface area (Å²) in [4.78, 5) is 0. The van der Waals surface area contributed by atoms with Gasteiger partial charge in [0.05, 0.1) is 6.10 Å². The Morgan fingerprint density at radius 1 is 0.886 bits per heavy atom. The van der Waals surface area contributed by atoms with Crippen LogP contribution in [0, 0.1) is 5.82 Å². The lowest BCUT2D eigenvalue weighted by Gasteiger charge is -2.12. The van der Waals surface area contributed by atoms with Gasteiger partial charge in [0, 0.05) is 12.2 Å². The number of halogens is 1. The van der Waals surface area contributed by atoms with Crippen molar-refractivity contribution in [2.45, 2.75) is 64.9 Å². The first-order valence-electron chi connectivity index (χ1n) is 13.0. The summed E-state index contributed by atoms with van der Waals surface area (Å²) in [7, 11) is 0. The van der Waals surface area contributed by atoms with Gasteiger partial charge in [-0.3, -0.25) is 0 Å². The third-order valence-corrected chi connectivity index (χ3v) is 6.30. The maximum atomic E-state index is 15.0. The molecule has 0 aliphatic carbocycles. The molecule has 1 unspecified atom stereocenters. The number of unbranched alkanes of at least 4 members (excludes halogenated alkanes) is 3. The van der Waals surface area contributed by atoms with Gasteiger partial charge in [-0.2, -0.15) is 0 Å². The fraction of sp³-hybridized carbons (Fsp3) is 0.333. The molecule has 0 saturated carbocycles. The standard InChI is InChI=1S/C33H39FO/c1-4-6-10-24-35-26(3)12-8-7-9-13-28-16-20-30(21-17-28)32-23-22-31(25-33(32)34)29-18-14-27(11-5-2)15-19-29/h5,9,13-23,25-26H,2,4,6-8,10-12,24H2,1,3H3. The number of hydrogen-bond donors (Lipinski definition) is 0. The van der Waals surface area contributed by atoms with Crippen molar-refractivity contribution in [1.29, 1.82) is 0 Å². The number of ether oxygens (including phenoxy) is 1. The highest BCUT2D eigenvalue weighted by molar-refractivity contribution is 5.72. The van der Waals surface area contributed by atoms with Gasteiger partial charge >= 0.3 is 0 Å². The Morgan fingerprint density at radius 3 is 2.29 bits per heavy atom. The Bertz CT molecular complexity index is 1060. The molecule has 3 rings (SSSR count). The quantitative estimate of drug-likeness (QED) is 0.168. The lowest BCUT2D eigenvalue weighted by molar-refractivity contribution is 0.0566. The van der Waals surface area contributed by atoms with Gasteiger partial charge < -0.3 is 4.74 Å². The zero-order valence-electron chi connectivity index (χ0n) is 21.3. The van der Waals surface area contributed by atoms with E-state index in [0.717, 1.165) is 61.0 Å². The summed E-state index contributed by atoms with van der Waals surface area (Å²) in [5, 5.41) is 0. The molecule has 0 bridgehead atoms. The molecule has 2 heteroatoms. The fourth-order valence-corrected chi connectivity index (χ4v) is 4.17. The molecule has 0 N–H and O–H groups in total. The summed E-state index contributed by atoms with van der Waals surface area (Å²) < 4.78 is 20.8. The summed E-state index contributed by atoms with van der Waals surface area (Å²) in [6, 6.07) is 21.8. The first kappa shape index (κ1) is 26.6. The van der Waals surface area contributed by atoms with Crippen molar-refractivity contribution in [2.75, 3.05) is 6.61 Å². The molecule has 0 radical (unpaired) electrons. The summed E-state index contributed by atoms with van der Waals surface area (Å²) in [6.45, 7) is 9.03. The maximum Gasteiger partial charge on any atom is 0.131 e.